The highest BCUT2D eigenvalue weighted by molar-refractivity contribution is 4.86. The zero-order valence-electron chi connectivity index (χ0n) is 5.88. The van der Waals surface area contributed by atoms with Crippen molar-refractivity contribution in [1.29, 1.82) is 0 Å². The smallest absolute Gasteiger partial charge is 0.0723 e. The van der Waals surface area contributed by atoms with Gasteiger partial charge in [-0.1, -0.05) is 18.2 Å². The Kier molecular flexibility index (Phi) is 5.23. The van der Waals surface area contributed by atoms with Gasteiger partial charge in [0.15, 0.2) is 0 Å². The van der Waals surface area contributed by atoms with E-state index < -0.39 is 0 Å². The molecule has 1 nitrogen and oxygen atoms in total. The Balaban J connectivity index is 3.25. The summed E-state index contributed by atoms with van der Waals surface area (Å²) in [5, 5.41) is 9.05. The first-order valence-electron chi connectivity index (χ1n) is 3.23. The van der Waals surface area contributed by atoms with E-state index in [1.54, 1.807) is 6.08 Å². The van der Waals surface area contributed by atoms with Crippen LogP contribution in [0.2, 0.25) is 0 Å². The molecule has 0 radical (unpaired) electrons. The van der Waals surface area contributed by atoms with Crippen molar-refractivity contribution in [1.82, 2.24) is 0 Å². The molecule has 0 saturated heterocycles. The van der Waals surface area contributed by atoms with Crippen LogP contribution in [-0.4, -0.2) is 11.2 Å². The minimum Gasteiger partial charge on any atom is -0.389 e. The molecule has 0 aliphatic carbocycles. The molecule has 0 aromatic carbocycles. The molecule has 1 heteroatoms. The zero-order chi connectivity index (χ0) is 7.11. The van der Waals surface area contributed by atoms with Crippen LogP contribution < -0.4 is 0 Å². The van der Waals surface area contributed by atoms with Gasteiger partial charge < -0.3 is 5.11 Å². The predicted octanol–water partition coefficient (Wildman–Crippen LogP) is 1.89. The summed E-state index contributed by atoms with van der Waals surface area (Å²) in [5.74, 6) is 0. The minimum absolute atomic E-state index is 0.284. The molecule has 0 amide bonds. The first-order chi connectivity index (χ1) is 4.31. The van der Waals surface area contributed by atoms with Crippen molar-refractivity contribution in [2.24, 2.45) is 0 Å². The lowest BCUT2D eigenvalue weighted by molar-refractivity contribution is 0.214. The second kappa shape index (κ2) is 5.57. The van der Waals surface area contributed by atoms with Crippen molar-refractivity contribution in [3.05, 3.63) is 24.8 Å². The van der Waals surface area contributed by atoms with E-state index in [4.69, 9.17) is 5.11 Å². The maximum Gasteiger partial charge on any atom is 0.0723 e. The SMILES string of the molecule is C=CCCC(O)/C=C/C. The molecule has 0 aromatic rings. The normalized spacial score (nSPS) is 14.0. The third kappa shape index (κ3) is 5.31. The predicted molar refractivity (Wildman–Crippen MR) is 40.3 cm³/mol. The number of aliphatic hydroxyl groups is 1. The Hall–Kier alpha value is -0.560. The Morgan fingerprint density at radius 3 is 2.78 bits per heavy atom. The van der Waals surface area contributed by atoms with Crippen LogP contribution in [-0.2, 0) is 0 Å². The summed E-state index contributed by atoms with van der Waals surface area (Å²) in [6.45, 7) is 5.46. The van der Waals surface area contributed by atoms with Gasteiger partial charge in [-0.15, -0.1) is 6.58 Å². The summed E-state index contributed by atoms with van der Waals surface area (Å²) in [4.78, 5) is 0. The van der Waals surface area contributed by atoms with Gasteiger partial charge in [0.1, 0.15) is 0 Å². The first kappa shape index (κ1) is 8.44. The van der Waals surface area contributed by atoms with Crippen molar-refractivity contribution in [3.8, 4) is 0 Å². The highest BCUT2D eigenvalue weighted by Gasteiger charge is 1.93. The molecule has 0 aromatic heterocycles. The largest absolute Gasteiger partial charge is 0.389 e. The number of rotatable bonds is 4. The summed E-state index contributed by atoms with van der Waals surface area (Å²) in [7, 11) is 0. The van der Waals surface area contributed by atoms with E-state index in [1.165, 1.54) is 0 Å². The molecule has 1 N–H and O–H groups in total. The second-order valence-corrected chi connectivity index (χ2v) is 1.96. The Morgan fingerprint density at radius 2 is 2.33 bits per heavy atom. The Labute approximate surface area is 56.7 Å². The maximum atomic E-state index is 9.05. The molecule has 1 unspecified atom stereocenters. The molecule has 0 aliphatic rings. The molecule has 9 heavy (non-hydrogen) atoms. The third-order valence-electron chi connectivity index (χ3n) is 1.08. The van der Waals surface area contributed by atoms with Crippen LogP contribution in [0.3, 0.4) is 0 Å². The van der Waals surface area contributed by atoms with Gasteiger partial charge in [-0.05, 0) is 19.8 Å². The average Bonchev–Trinajstić information content (AvgIpc) is 1.85. The molecule has 0 heterocycles. The third-order valence-corrected chi connectivity index (χ3v) is 1.08. The minimum atomic E-state index is -0.284. The highest BCUT2D eigenvalue weighted by Crippen LogP contribution is 1.97. The molecule has 0 spiro atoms. The lowest BCUT2D eigenvalue weighted by atomic mass is 10.2. The first-order valence-corrected chi connectivity index (χ1v) is 3.23. The second-order valence-electron chi connectivity index (χ2n) is 1.96. The van der Waals surface area contributed by atoms with Crippen molar-refractivity contribution in [2.75, 3.05) is 0 Å². The van der Waals surface area contributed by atoms with E-state index in [0.717, 1.165) is 12.8 Å². The Morgan fingerprint density at radius 1 is 1.67 bits per heavy atom. The molecular weight excluding hydrogens is 112 g/mol. The summed E-state index contributed by atoms with van der Waals surface area (Å²) < 4.78 is 0. The lowest BCUT2D eigenvalue weighted by Gasteiger charge is -1.99. The molecule has 52 valence electrons. The number of allylic oxidation sites excluding steroid dienone is 2. The van der Waals surface area contributed by atoms with E-state index >= 15 is 0 Å². The zero-order valence-corrected chi connectivity index (χ0v) is 5.88. The molecule has 0 bridgehead atoms. The fourth-order valence-electron chi connectivity index (χ4n) is 0.607. The summed E-state index contributed by atoms with van der Waals surface area (Å²) in [5.41, 5.74) is 0. The van der Waals surface area contributed by atoms with E-state index in [-0.39, 0.29) is 6.10 Å². The van der Waals surface area contributed by atoms with Crippen LogP contribution in [0.15, 0.2) is 24.8 Å². The monoisotopic (exact) mass is 126 g/mol. The van der Waals surface area contributed by atoms with Crippen molar-refractivity contribution in [2.45, 2.75) is 25.9 Å². The summed E-state index contributed by atoms with van der Waals surface area (Å²) in [6.07, 6.45) is 6.83. The fraction of sp³-hybridized carbons (Fsp3) is 0.500. The quantitative estimate of drug-likeness (QED) is 0.570. The van der Waals surface area contributed by atoms with Crippen LogP contribution in [0.1, 0.15) is 19.8 Å². The van der Waals surface area contributed by atoms with Gasteiger partial charge in [0.25, 0.3) is 0 Å². The molecule has 1 atom stereocenters. The van der Waals surface area contributed by atoms with Gasteiger partial charge in [0.05, 0.1) is 6.10 Å². The van der Waals surface area contributed by atoms with Crippen molar-refractivity contribution >= 4 is 0 Å². The molecule has 0 rings (SSSR count). The van der Waals surface area contributed by atoms with Crippen LogP contribution in [0.5, 0.6) is 0 Å². The lowest BCUT2D eigenvalue weighted by Crippen LogP contribution is -1.99. The van der Waals surface area contributed by atoms with Gasteiger partial charge >= 0.3 is 0 Å². The van der Waals surface area contributed by atoms with Crippen LogP contribution in [0, 0.1) is 0 Å². The number of hydrogen-bond acceptors (Lipinski definition) is 1. The summed E-state index contributed by atoms with van der Waals surface area (Å²) in [6, 6.07) is 0. The van der Waals surface area contributed by atoms with Gasteiger partial charge in [-0.25, -0.2) is 0 Å². The van der Waals surface area contributed by atoms with E-state index in [1.807, 2.05) is 19.1 Å². The number of hydrogen-bond donors (Lipinski definition) is 1. The van der Waals surface area contributed by atoms with Crippen molar-refractivity contribution < 1.29 is 5.11 Å². The molecular formula is C8H14O. The van der Waals surface area contributed by atoms with Crippen LogP contribution >= 0.6 is 0 Å². The average molecular weight is 126 g/mol. The van der Waals surface area contributed by atoms with E-state index in [0.29, 0.717) is 0 Å². The van der Waals surface area contributed by atoms with Crippen LogP contribution in [0.4, 0.5) is 0 Å². The van der Waals surface area contributed by atoms with Gasteiger partial charge in [0, 0.05) is 0 Å². The number of aliphatic hydroxyl groups excluding tert-OH is 1. The highest BCUT2D eigenvalue weighted by atomic mass is 16.3. The standard InChI is InChI=1S/C8H14O/c1-3-5-7-8(9)6-4-2/h3-4,6,8-9H,1,5,7H2,2H3/b6-4+. The molecule has 0 saturated carbocycles. The van der Waals surface area contributed by atoms with Crippen LogP contribution in [0.25, 0.3) is 0 Å². The summed E-state index contributed by atoms with van der Waals surface area (Å²) >= 11 is 0. The van der Waals surface area contributed by atoms with Crippen molar-refractivity contribution in [3.63, 3.8) is 0 Å². The van der Waals surface area contributed by atoms with E-state index in [2.05, 4.69) is 6.58 Å². The maximum absolute atomic E-state index is 9.05. The molecule has 0 aliphatic heterocycles. The molecule has 0 fully saturated rings. The van der Waals surface area contributed by atoms with E-state index in [9.17, 15) is 0 Å². The van der Waals surface area contributed by atoms with Gasteiger partial charge in [-0.3, -0.25) is 0 Å². The van der Waals surface area contributed by atoms with Gasteiger partial charge in [-0.2, -0.15) is 0 Å². The topological polar surface area (TPSA) is 20.2 Å². The van der Waals surface area contributed by atoms with Gasteiger partial charge in [0.2, 0.25) is 0 Å². The fourth-order valence-corrected chi connectivity index (χ4v) is 0.607. The Bertz CT molecular complexity index is 94.7.